The Kier molecular flexibility index (Phi) is 6.24. The van der Waals surface area contributed by atoms with Gasteiger partial charge < -0.3 is 4.90 Å². The number of aryl methyl sites for hydroxylation is 2. The van der Waals surface area contributed by atoms with Crippen LogP contribution in [-0.2, 0) is 6.42 Å². The zero-order chi connectivity index (χ0) is 19.4. The summed E-state index contributed by atoms with van der Waals surface area (Å²) in [5.41, 5.74) is 4.06. The molecule has 1 aromatic heterocycles. The lowest BCUT2D eigenvalue weighted by Crippen LogP contribution is -2.33. The van der Waals surface area contributed by atoms with Gasteiger partial charge in [0.05, 0.1) is 10.2 Å². The van der Waals surface area contributed by atoms with E-state index in [4.69, 9.17) is 4.98 Å². The molecule has 0 N–H and O–H groups in total. The Balaban J connectivity index is 1.94. The number of benzene rings is 2. The number of aromatic nitrogens is 1. The second-order valence-corrected chi connectivity index (χ2v) is 8.14. The number of amides is 1. The number of anilines is 1. The second kappa shape index (κ2) is 8.63. The van der Waals surface area contributed by atoms with Crippen molar-refractivity contribution < 1.29 is 4.79 Å². The Morgan fingerprint density at radius 2 is 1.93 bits per heavy atom. The third-order valence-corrected chi connectivity index (χ3v) is 5.62. The van der Waals surface area contributed by atoms with Crippen molar-refractivity contribution in [2.45, 2.75) is 26.7 Å². The molecule has 142 valence electrons. The van der Waals surface area contributed by atoms with Gasteiger partial charge in [0.15, 0.2) is 5.13 Å². The summed E-state index contributed by atoms with van der Waals surface area (Å²) in [6.07, 6.45) is 1.90. The zero-order valence-electron chi connectivity index (χ0n) is 16.5. The molecule has 3 rings (SSSR count). The van der Waals surface area contributed by atoms with Crippen LogP contribution in [0.1, 0.15) is 34.8 Å². The molecule has 1 heterocycles. The van der Waals surface area contributed by atoms with Crippen molar-refractivity contribution in [3.05, 3.63) is 59.2 Å². The summed E-state index contributed by atoms with van der Waals surface area (Å²) in [7, 11) is 4.10. The van der Waals surface area contributed by atoms with Crippen LogP contribution in [0.15, 0.2) is 42.5 Å². The maximum atomic E-state index is 13.3. The molecule has 1 amide bonds. The maximum Gasteiger partial charge on any atom is 0.260 e. The van der Waals surface area contributed by atoms with Crippen molar-refractivity contribution in [3.63, 3.8) is 0 Å². The molecule has 0 spiro atoms. The molecule has 0 saturated carbocycles. The summed E-state index contributed by atoms with van der Waals surface area (Å²) in [6.45, 7) is 5.75. The van der Waals surface area contributed by atoms with Crippen LogP contribution in [-0.4, -0.2) is 43.0 Å². The van der Waals surface area contributed by atoms with Crippen LogP contribution in [0.5, 0.6) is 0 Å². The minimum Gasteiger partial charge on any atom is -0.309 e. The zero-order valence-corrected chi connectivity index (χ0v) is 17.3. The van der Waals surface area contributed by atoms with E-state index in [1.54, 1.807) is 11.3 Å². The van der Waals surface area contributed by atoms with Gasteiger partial charge in [0.2, 0.25) is 0 Å². The molecule has 0 radical (unpaired) electrons. The number of thiazole rings is 1. The maximum absolute atomic E-state index is 13.3. The van der Waals surface area contributed by atoms with Gasteiger partial charge in [0.25, 0.3) is 5.91 Å². The highest BCUT2D eigenvalue weighted by atomic mass is 32.1. The fraction of sp³-hybridized carbons (Fsp3) is 0.364. The fourth-order valence-electron chi connectivity index (χ4n) is 3.06. The number of carbonyl (C=O) groups is 1. The predicted octanol–water partition coefficient (Wildman–Crippen LogP) is 4.77. The Morgan fingerprint density at radius 3 is 2.63 bits per heavy atom. The average molecular weight is 382 g/mol. The molecule has 27 heavy (non-hydrogen) atoms. The number of rotatable bonds is 7. The first-order valence-electron chi connectivity index (χ1n) is 9.40. The molecule has 4 nitrogen and oxygen atoms in total. The number of fused-ring (bicyclic) bond motifs is 1. The smallest absolute Gasteiger partial charge is 0.260 e. The van der Waals surface area contributed by atoms with Crippen LogP contribution in [0, 0.1) is 6.92 Å². The number of carbonyl (C=O) groups excluding carboxylic acids is 1. The molecule has 5 heteroatoms. The standard InChI is InChI=1S/C22H27N3OS/c1-5-17-10-11-19-20(15-17)27-22(23-19)25(13-7-12-24(3)4)21(26)18-9-6-8-16(2)14-18/h6,8-11,14-15H,5,7,12-13H2,1-4H3. The minimum atomic E-state index is 0.0206. The molecule has 0 aliphatic rings. The van der Waals surface area contributed by atoms with E-state index in [-0.39, 0.29) is 5.91 Å². The molecule has 2 aromatic carbocycles. The number of hydrogen-bond donors (Lipinski definition) is 0. The van der Waals surface area contributed by atoms with Gasteiger partial charge in [0, 0.05) is 12.1 Å². The summed E-state index contributed by atoms with van der Waals surface area (Å²) < 4.78 is 1.14. The molecular formula is C22H27N3OS. The van der Waals surface area contributed by atoms with Crippen molar-refractivity contribution in [1.82, 2.24) is 9.88 Å². The first-order valence-corrected chi connectivity index (χ1v) is 10.2. The lowest BCUT2D eigenvalue weighted by molar-refractivity contribution is 0.0986. The summed E-state index contributed by atoms with van der Waals surface area (Å²) in [5, 5.41) is 0.781. The average Bonchev–Trinajstić information content (AvgIpc) is 3.07. The third kappa shape index (κ3) is 4.73. The van der Waals surface area contributed by atoms with Crippen LogP contribution in [0.2, 0.25) is 0 Å². The van der Waals surface area contributed by atoms with Crippen LogP contribution < -0.4 is 4.90 Å². The largest absolute Gasteiger partial charge is 0.309 e. The molecule has 0 aliphatic heterocycles. The summed E-state index contributed by atoms with van der Waals surface area (Å²) >= 11 is 1.60. The first-order chi connectivity index (χ1) is 13.0. The Bertz CT molecular complexity index is 932. The van der Waals surface area contributed by atoms with E-state index in [0.29, 0.717) is 12.1 Å². The van der Waals surface area contributed by atoms with Gasteiger partial charge in [-0.05, 0) is 70.2 Å². The summed E-state index contributed by atoms with van der Waals surface area (Å²) in [5.74, 6) is 0.0206. The normalized spacial score (nSPS) is 11.3. The number of hydrogen-bond acceptors (Lipinski definition) is 4. The van der Waals surface area contributed by atoms with E-state index >= 15 is 0 Å². The van der Waals surface area contributed by atoms with E-state index in [9.17, 15) is 4.79 Å². The van der Waals surface area contributed by atoms with E-state index in [0.717, 1.165) is 40.3 Å². The van der Waals surface area contributed by atoms with Crippen LogP contribution in [0.3, 0.4) is 0 Å². The van der Waals surface area contributed by atoms with Crippen molar-refractivity contribution >= 4 is 32.6 Å². The first kappa shape index (κ1) is 19.5. The van der Waals surface area contributed by atoms with Crippen LogP contribution in [0.4, 0.5) is 5.13 Å². The Morgan fingerprint density at radius 1 is 1.11 bits per heavy atom. The van der Waals surface area contributed by atoms with Gasteiger partial charge in [-0.25, -0.2) is 4.98 Å². The molecule has 0 bridgehead atoms. The second-order valence-electron chi connectivity index (χ2n) is 7.14. The highest BCUT2D eigenvalue weighted by Crippen LogP contribution is 2.31. The highest BCUT2D eigenvalue weighted by molar-refractivity contribution is 7.22. The highest BCUT2D eigenvalue weighted by Gasteiger charge is 2.21. The van der Waals surface area contributed by atoms with Gasteiger partial charge in [-0.2, -0.15) is 0 Å². The molecule has 0 unspecified atom stereocenters. The van der Waals surface area contributed by atoms with E-state index in [2.05, 4.69) is 44.1 Å². The van der Waals surface area contributed by atoms with Crippen LogP contribution in [0.25, 0.3) is 10.2 Å². The number of nitrogens with zero attached hydrogens (tertiary/aromatic N) is 3. The molecule has 0 atom stereocenters. The van der Waals surface area contributed by atoms with E-state index < -0.39 is 0 Å². The van der Waals surface area contributed by atoms with Gasteiger partial charge in [-0.3, -0.25) is 9.69 Å². The van der Waals surface area contributed by atoms with Gasteiger partial charge in [-0.15, -0.1) is 0 Å². The topological polar surface area (TPSA) is 36.4 Å². The fourth-order valence-corrected chi connectivity index (χ4v) is 4.11. The van der Waals surface area contributed by atoms with Crippen LogP contribution >= 0.6 is 11.3 Å². The van der Waals surface area contributed by atoms with Crippen molar-refractivity contribution in [3.8, 4) is 0 Å². The molecule has 3 aromatic rings. The SMILES string of the molecule is CCc1ccc2nc(N(CCCN(C)C)C(=O)c3cccc(C)c3)sc2c1. The third-order valence-electron chi connectivity index (χ3n) is 4.58. The van der Waals surface area contributed by atoms with Crippen molar-refractivity contribution in [1.29, 1.82) is 0 Å². The van der Waals surface area contributed by atoms with Crippen molar-refractivity contribution in [2.24, 2.45) is 0 Å². The molecule has 0 fully saturated rings. The Labute approximate surface area is 165 Å². The molecular weight excluding hydrogens is 354 g/mol. The van der Waals surface area contributed by atoms with Gasteiger partial charge >= 0.3 is 0 Å². The monoisotopic (exact) mass is 381 g/mol. The van der Waals surface area contributed by atoms with E-state index in [1.807, 2.05) is 36.1 Å². The van der Waals surface area contributed by atoms with E-state index in [1.165, 1.54) is 5.56 Å². The quantitative estimate of drug-likeness (QED) is 0.592. The van der Waals surface area contributed by atoms with Crippen molar-refractivity contribution in [2.75, 3.05) is 32.1 Å². The minimum absolute atomic E-state index is 0.0206. The molecule has 0 saturated heterocycles. The lowest BCUT2D eigenvalue weighted by Gasteiger charge is -2.21. The Hall–Kier alpha value is -2.24. The van der Waals surface area contributed by atoms with Gasteiger partial charge in [0.1, 0.15) is 0 Å². The summed E-state index contributed by atoms with van der Waals surface area (Å²) in [4.78, 5) is 22.0. The summed E-state index contributed by atoms with van der Waals surface area (Å²) in [6, 6.07) is 14.1. The lowest BCUT2D eigenvalue weighted by atomic mass is 10.1. The molecule has 0 aliphatic carbocycles. The predicted molar refractivity (Wildman–Crippen MR) is 115 cm³/mol. The van der Waals surface area contributed by atoms with Gasteiger partial charge in [-0.1, -0.05) is 42.0 Å².